The van der Waals surface area contributed by atoms with Crippen molar-refractivity contribution in [1.29, 1.82) is 0 Å². The third-order valence-electron chi connectivity index (χ3n) is 4.39. The van der Waals surface area contributed by atoms with E-state index in [0.29, 0.717) is 17.2 Å². The van der Waals surface area contributed by atoms with Crippen molar-refractivity contribution in [3.63, 3.8) is 0 Å². The topological polar surface area (TPSA) is 99.8 Å². The van der Waals surface area contributed by atoms with Gasteiger partial charge in [-0.15, -0.1) is 0 Å². The average Bonchev–Trinajstić information content (AvgIpc) is 3.26. The molecule has 2 heterocycles. The van der Waals surface area contributed by atoms with Gasteiger partial charge in [0, 0.05) is 6.07 Å². The third-order valence-corrected chi connectivity index (χ3v) is 4.39. The van der Waals surface area contributed by atoms with Gasteiger partial charge in [-0.25, -0.2) is 0 Å². The van der Waals surface area contributed by atoms with Crippen LogP contribution in [-0.4, -0.2) is 19.9 Å². The molecule has 4 rings (SSSR count). The van der Waals surface area contributed by atoms with E-state index in [9.17, 15) is 4.79 Å². The fourth-order valence-electron chi connectivity index (χ4n) is 3.04. The molecule has 0 saturated heterocycles. The Morgan fingerprint density at radius 1 is 1.08 bits per heavy atom. The largest absolute Gasteiger partial charge is 0.332 e. The number of para-hydroxylation sites is 1. The summed E-state index contributed by atoms with van der Waals surface area (Å²) >= 11 is 0. The average molecular weight is 323 g/mol. The molecule has 122 valence electrons. The Labute approximate surface area is 138 Å². The van der Waals surface area contributed by atoms with Crippen molar-refractivity contribution < 1.29 is 4.52 Å². The first-order valence-electron chi connectivity index (χ1n) is 7.95. The van der Waals surface area contributed by atoms with E-state index < -0.39 is 5.54 Å². The molecule has 0 unspecified atom stereocenters. The van der Waals surface area contributed by atoms with E-state index in [1.807, 2.05) is 30.3 Å². The molecular weight excluding hydrogens is 306 g/mol. The summed E-state index contributed by atoms with van der Waals surface area (Å²) in [5, 5.41) is 8.38. The summed E-state index contributed by atoms with van der Waals surface area (Å²) in [6.07, 6.45) is 3.83. The molecule has 1 saturated carbocycles. The molecule has 0 atom stereocenters. The van der Waals surface area contributed by atoms with Crippen molar-refractivity contribution in [3.8, 4) is 17.3 Å². The normalized spacial score (nSPS) is 16.4. The molecule has 2 aromatic heterocycles. The lowest BCUT2D eigenvalue weighted by Gasteiger charge is -2.17. The van der Waals surface area contributed by atoms with Crippen LogP contribution in [0, 0.1) is 0 Å². The summed E-state index contributed by atoms with van der Waals surface area (Å²) in [4.78, 5) is 16.5. The minimum absolute atomic E-state index is 0.226. The van der Waals surface area contributed by atoms with E-state index in [4.69, 9.17) is 10.3 Å². The van der Waals surface area contributed by atoms with Crippen LogP contribution in [0.2, 0.25) is 0 Å². The van der Waals surface area contributed by atoms with E-state index in [0.717, 1.165) is 25.7 Å². The zero-order valence-electron chi connectivity index (χ0n) is 13.1. The third kappa shape index (κ3) is 2.52. The zero-order valence-corrected chi connectivity index (χ0v) is 13.1. The van der Waals surface area contributed by atoms with Gasteiger partial charge in [-0.1, -0.05) is 36.2 Å². The molecular formula is C17H17N5O2. The lowest BCUT2D eigenvalue weighted by atomic mass is 9.99. The van der Waals surface area contributed by atoms with Crippen molar-refractivity contribution in [2.24, 2.45) is 5.73 Å². The minimum atomic E-state index is -0.518. The van der Waals surface area contributed by atoms with E-state index in [2.05, 4.69) is 15.2 Å². The Hall–Kier alpha value is -2.80. The van der Waals surface area contributed by atoms with Crippen LogP contribution in [0.15, 0.2) is 51.8 Å². The maximum Gasteiger partial charge on any atom is 0.278 e. The van der Waals surface area contributed by atoms with Gasteiger partial charge in [-0.2, -0.15) is 14.8 Å². The van der Waals surface area contributed by atoms with Crippen LogP contribution in [0.3, 0.4) is 0 Å². The van der Waals surface area contributed by atoms with Crippen LogP contribution >= 0.6 is 0 Å². The molecule has 1 aromatic carbocycles. The number of nitrogens with two attached hydrogens (primary N) is 1. The van der Waals surface area contributed by atoms with E-state index in [1.54, 1.807) is 6.07 Å². The maximum atomic E-state index is 12.1. The van der Waals surface area contributed by atoms with Gasteiger partial charge < -0.3 is 10.3 Å². The monoisotopic (exact) mass is 323 g/mol. The van der Waals surface area contributed by atoms with Gasteiger partial charge in [0.2, 0.25) is 0 Å². The second kappa shape index (κ2) is 5.68. The first kappa shape index (κ1) is 14.8. The first-order valence-corrected chi connectivity index (χ1v) is 7.95. The number of aromatic nitrogens is 4. The quantitative estimate of drug-likeness (QED) is 0.791. The van der Waals surface area contributed by atoms with E-state index in [-0.39, 0.29) is 11.4 Å². The van der Waals surface area contributed by atoms with Crippen molar-refractivity contribution >= 4 is 0 Å². The van der Waals surface area contributed by atoms with Crippen molar-refractivity contribution in [2.45, 2.75) is 31.2 Å². The van der Waals surface area contributed by atoms with Gasteiger partial charge in [0.15, 0.2) is 5.82 Å². The summed E-state index contributed by atoms with van der Waals surface area (Å²) < 4.78 is 6.65. The second-order valence-corrected chi connectivity index (χ2v) is 6.09. The zero-order chi connectivity index (χ0) is 16.6. The Morgan fingerprint density at radius 3 is 2.58 bits per heavy atom. The number of nitrogens with zero attached hydrogens (tertiary/aromatic N) is 4. The molecule has 7 nitrogen and oxygen atoms in total. The Kier molecular flexibility index (Phi) is 3.50. The Balaban J connectivity index is 1.73. The maximum absolute atomic E-state index is 12.1. The van der Waals surface area contributed by atoms with Crippen molar-refractivity contribution in [3.05, 3.63) is 58.6 Å². The summed E-state index contributed by atoms with van der Waals surface area (Å²) in [7, 11) is 0. The molecule has 0 spiro atoms. The van der Waals surface area contributed by atoms with Crippen LogP contribution in [0.4, 0.5) is 0 Å². The van der Waals surface area contributed by atoms with E-state index >= 15 is 0 Å². The first-order chi connectivity index (χ1) is 11.7. The molecule has 0 radical (unpaired) electrons. The number of rotatable bonds is 3. The standard InChI is InChI=1S/C17H17N5O2/c18-17(10-4-5-11-17)16-19-15(24-21-16)13-8-9-14(23)22(20-13)12-6-2-1-3-7-12/h1-3,6-9H,4-5,10-11,18H2. The highest BCUT2D eigenvalue weighted by Crippen LogP contribution is 2.35. The van der Waals surface area contributed by atoms with Crippen molar-refractivity contribution in [2.75, 3.05) is 0 Å². The highest BCUT2D eigenvalue weighted by Gasteiger charge is 2.36. The smallest absolute Gasteiger partial charge is 0.278 e. The second-order valence-electron chi connectivity index (χ2n) is 6.09. The summed E-state index contributed by atoms with van der Waals surface area (Å²) in [5.74, 6) is 0.778. The van der Waals surface area contributed by atoms with Crippen LogP contribution in [0.25, 0.3) is 17.3 Å². The lowest BCUT2D eigenvalue weighted by molar-refractivity contribution is 0.372. The van der Waals surface area contributed by atoms with Crippen LogP contribution < -0.4 is 11.3 Å². The molecule has 0 bridgehead atoms. The van der Waals surface area contributed by atoms with Gasteiger partial charge >= 0.3 is 0 Å². The SMILES string of the molecule is NC1(c2noc(-c3ccc(=O)n(-c4ccccc4)n3)n2)CCCC1. The summed E-state index contributed by atoms with van der Waals surface area (Å²) in [6, 6.07) is 12.2. The molecule has 0 aliphatic heterocycles. The van der Waals surface area contributed by atoms with Gasteiger partial charge in [0.25, 0.3) is 11.4 Å². The van der Waals surface area contributed by atoms with Gasteiger partial charge in [-0.05, 0) is 31.0 Å². The van der Waals surface area contributed by atoms with Crippen molar-refractivity contribution in [1.82, 2.24) is 19.9 Å². The van der Waals surface area contributed by atoms with Gasteiger partial charge in [0.1, 0.15) is 5.69 Å². The number of hydrogen-bond acceptors (Lipinski definition) is 6. The lowest BCUT2D eigenvalue weighted by Crippen LogP contribution is -2.34. The molecule has 2 N–H and O–H groups in total. The van der Waals surface area contributed by atoms with Crippen LogP contribution in [0.5, 0.6) is 0 Å². The van der Waals surface area contributed by atoms with Gasteiger partial charge in [-0.3, -0.25) is 4.79 Å². The van der Waals surface area contributed by atoms with Crippen LogP contribution in [-0.2, 0) is 5.54 Å². The Morgan fingerprint density at radius 2 is 1.83 bits per heavy atom. The summed E-state index contributed by atoms with van der Waals surface area (Å²) in [5.41, 5.74) is 6.73. The minimum Gasteiger partial charge on any atom is -0.332 e. The van der Waals surface area contributed by atoms with Crippen LogP contribution in [0.1, 0.15) is 31.5 Å². The Bertz CT molecular complexity index is 910. The molecule has 1 aliphatic carbocycles. The highest BCUT2D eigenvalue weighted by atomic mass is 16.5. The highest BCUT2D eigenvalue weighted by molar-refractivity contribution is 5.46. The predicted octanol–water partition coefficient (Wildman–Crippen LogP) is 2.01. The molecule has 1 aliphatic rings. The number of benzene rings is 1. The molecule has 7 heteroatoms. The van der Waals surface area contributed by atoms with E-state index in [1.165, 1.54) is 10.7 Å². The molecule has 24 heavy (non-hydrogen) atoms. The fraction of sp³-hybridized carbons (Fsp3) is 0.294. The summed E-state index contributed by atoms with van der Waals surface area (Å²) in [6.45, 7) is 0. The predicted molar refractivity (Wildman–Crippen MR) is 87.5 cm³/mol. The fourth-order valence-corrected chi connectivity index (χ4v) is 3.04. The molecule has 3 aromatic rings. The van der Waals surface area contributed by atoms with Gasteiger partial charge in [0.05, 0.1) is 11.2 Å². The number of hydrogen-bond donors (Lipinski definition) is 1. The molecule has 1 fully saturated rings. The molecule has 0 amide bonds.